The van der Waals surface area contributed by atoms with E-state index in [4.69, 9.17) is 5.73 Å². The van der Waals surface area contributed by atoms with Gasteiger partial charge in [0.1, 0.15) is 10.7 Å². The van der Waals surface area contributed by atoms with Gasteiger partial charge in [0.05, 0.1) is 6.10 Å². The Labute approximate surface area is 128 Å². The second kappa shape index (κ2) is 5.81. The van der Waals surface area contributed by atoms with Gasteiger partial charge in [0.2, 0.25) is 0 Å². The summed E-state index contributed by atoms with van der Waals surface area (Å²) in [6.45, 7) is 3.05. The first-order chi connectivity index (χ1) is 10.0. The molecule has 1 aromatic rings. The van der Waals surface area contributed by atoms with E-state index in [2.05, 4.69) is 10.3 Å². The lowest BCUT2D eigenvalue weighted by Gasteiger charge is -2.34. The number of β-amino-alcohol motifs (C(OH)–C–C–N with tert-alkyl or cyclic N) is 1. The maximum Gasteiger partial charge on any atom is 0.267 e. The molecule has 1 aliphatic carbocycles. The number of aromatic nitrogens is 1. The summed E-state index contributed by atoms with van der Waals surface area (Å²) < 4.78 is 0. The monoisotopic (exact) mass is 310 g/mol. The molecule has 1 aliphatic heterocycles. The molecule has 4 N–H and O–H groups in total. The minimum absolute atomic E-state index is 0.113. The number of anilines is 2. The van der Waals surface area contributed by atoms with Gasteiger partial charge in [-0.1, -0.05) is 18.3 Å². The molecule has 2 heterocycles. The SMILES string of the molecule is CC1CCN(C(=O)c2sc(NC3CCC3)nc2N)CC1O. The molecule has 1 aromatic heterocycles. The summed E-state index contributed by atoms with van der Waals surface area (Å²) in [4.78, 5) is 19.0. The summed E-state index contributed by atoms with van der Waals surface area (Å²) in [5, 5.41) is 14.0. The van der Waals surface area contributed by atoms with Gasteiger partial charge in [-0.25, -0.2) is 4.98 Å². The number of carbonyl (C=O) groups is 1. The van der Waals surface area contributed by atoms with Gasteiger partial charge in [0.25, 0.3) is 5.91 Å². The van der Waals surface area contributed by atoms with Crippen molar-refractivity contribution >= 4 is 28.2 Å². The van der Waals surface area contributed by atoms with Crippen LogP contribution in [0, 0.1) is 5.92 Å². The van der Waals surface area contributed by atoms with Crippen molar-refractivity contribution in [3.05, 3.63) is 4.88 Å². The van der Waals surface area contributed by atoms with Crippen molar-refractivity contribution < 1.29 is 9.90 Å². The molecular formula is C14H22N4O2S. The van der Waals surface area contributed by atoms with Crippen molar-refractivity contribution in [1.29, 1.82) is 0 Å². The van der Waals surface area contributed by atoms with Gasteiger partial charge in [-0.2, -0.15) is 0 Å². The lowest BCUT2D eigenvalue weighted by molar-refractivity contribution is 0.0252. The Morgan fingerprint density at radius 2 is 2.24 bits per heavy atom. The van der Waals surface area contributed by atoms with Crippen LogP contribution < -0.4 is 11.1 Å². The zero-order chi connectivity index (χ0) is 15.0. The highest BCUT2D eigenvalue weighted by Gasteiger charge is 2.30. The number of hydrogen-bond donors (Lipinski definition) is 3. The molecule has 2 fully saturated rings. The van der Waals surface area contributed by atoms with Crippen molar-refractivity contribution in [2.24, 2.45) is 5.92 Å². The number of thiazole rings is 1. The number of rotatable bonds is 3. The third kappa shape index (κ3) is 2.98. The van der Waals surface area contributed by atoms with Crippen LogP contribution >= 0.6 is 11.3 Å². The Morgan fingerprint density at radius 3 is 2.86 bits per heavy atom. The van der Waals surface area contributed by atoms with E-state index in [0.717, 1.165) is 24.4 Å². The molecule has 2 atom stereocenters. The molecule has 0 spiro atoms. The van der Waals surface area contributed by atoms with Crippen LogP contribution in [0.2, 0.25) is 0 Å². The molecule has 3 rings (SSSR count). The Hall–Kier alpha value is -1.34. The highest BCUT2D eigenvalue weighted by Crippen LogP contribution is 2.31. The molecule has 2 unspecified atom stereocenters. The van der Waals surface area contributed by atoms with E-state index in [1.54, 1.807) is 4.90 Å². The first-order valence-electron chi connectivity index (χ1n) is 7.54. The number of nitrogens with zero attached hydrogens (tertiary/aromatic N) is 2. The zero-order valence-electron chi connectivity index (χ0n) is 12.2. The van der Waals surface area contributed by atoms with Gasteiger partial charge < -0.3 is 21.1 Å². The maximum atomic E-state index is 12.5. The topological polar surface area (TPSA) is 91.5 Å². The van der Waals surface area contributed by atoms with Crippen molar-refractivity contribution in [2.45, 2.75) is 44.8 Å². The van der Waals surface area contributed by atoms with E-state index in [-0.39, 0.29) is 11.8 Å². The van der Waals surface area contributed by atoms with Crippen LogP contribution in [0.3, 0.4) is 0 Å². The number of piperidine rings is 1. The predicted octanol–water partition coefficient (Wildman–Crippen LogP) is 1.53. The summed E-state index contributed by atoms with van der Waals surface area (Å²) in [5.41, 5.74) is 5.90. The highest BCUT2D eigenvalue weighted by molar-refractivity contribution is 7.18. The van der Waals surface area contributed by atoms with Gasteiger partial charge in [-0.05, 0) is 31.6 Å². The quantitative estimate of drug-likeness (QED) is 0.787. The minimum Gasteiger partial charge on any atom is -0.391 e. The molecule has 0 bridgehead atoms. The van der Waals surface area contributed by atoms with Crippen molar-refractivity contribution in [2.75, 3.05) is 24.1 Å². The van der Waals surface area contributed by atoms with E-state index in [9.17, 15) is 9.90 Å². The number of aliphatic hydroxyl groups is 1. The van der Waals surface area contributed by atoms with Gasteiger partial charge in [0, 0.05) is 19.1 Å². The van der Waals surface area contributed by atoms with Gasteiger partial charge in [0.15, 0.2) is 5.13 Å². The normalized spacial score (nSPS) is 26.5. The second-order valence-corrected chi connectivity index (χ2v) is 7.09. The summed E-state index contributed by atoms with van der Waals surface area (Å²) in [6.07, 6.45) is 3.91. The summed E-state index contributed by atoms with van der Waals surface area (Å²) >= 11 is 1.32. The first kappa shape index (κ1) is 14.6. The number of carbonyl (C=O) groups excluding carboxylic acids is 1. The van der Waals surface area contributed by atoms with Crippen LogP contribution in [0.25, 0.3) is 0 Å². The average molecular weight is 310 g/mol. The minimum atomic E-state index is -0.454. The summed E-state index contributed by atoms with van der Waals surface area (Å²) in [5.74, 6) is 0.418. The fourth-order valence-electron chi connectivity index (χ4n) is 2.65. The van der Waals surface area contributed by atoms with Crippen LogP contribution in [0.5, 0.6) is 0 Å². The number of amides is 1. The number of likely N-dealkylation sites (tertiary alicyclic amines) is 1. The zero-order valence-corrected chi connectivity index (χ0v) is 13.0. The predicted molar refractivity (Wildman–Crippen MR) is 83.5 cm³/mol. The molecule has 0 radical (unpaired) electrons. The highest BCUT2D eigenvalue weighted by atomic mass is 32.1. The van der Waals surface area contributed by atoms with Crippen molar-refractivity contribution in [1.82, 2.24) is 9.88 Å². The van der Waals surface area contributed by atoms with Crippen LogP contribution in [0.4, 0.5) is 10.9 Å². The van der Waals surface area contributed by atoms with Gasteiger partial charge >= 0.3 is 0 Å². The van der Waals surface area contributed by atoms with E-state index < -0.39 is 6.10 Å². The number of nitrogen functional groups attached to an aromatic ring is 1. The van der Waals surface area contributed by atoms with Gasteiger partial charge in [-0.15, -0.1) is 0 Å². The van der Waals surface area contributed by atoms with Crippen LogP contribution in [-0.2, 0) is 0 Å². The Kier molecular flexibility index (Phi) is 4.03. The molecule has 2 aliphatic rings. The third-order valence-corrected chi connectivity index (χ3v) is 5.48. The van der Waals surface area contributed by atoms with E-state index in [0.29, 0.717) is 29.8 Å². The largest absolute Gasteiger partial charge is 0.391 e. The summed E-state index contributed by atoms with van der Waals surface area (Å²) in [6, 6.07) is 0.469. The fourth-order valence-corrected chi connectivity index (χ4v) is 3.58. The van der Waals surface area contributed by atoms with Crippen LogP contribution in [0.1, 0.15) is 42.3 Å². The number of nitrogens with one attached hydrogen (secondary N) is 1. The number of nitrogens with two attached hydrogens (primary N) is 1. The molecule has 7 heteroatoms. The average Bonchev–Trinajstić information content (AvgIpc) is 2.77. The second-order valence-electron chi connectivity index (χ2n) is 6.09. The molecule has 21 heavy (non-hydrogen) atoms. The maximum absolute atomic E-state index is 12.5. The summed E-state index contributed by atoms with van der Waals surface area (Å²) in [7, 11) is 0. The molecule has 1 amide bonds. The Balaban J connectivity index is 1.69. The smallest absolute Gasteiger partial charge is 0.267 e. The van der Waals surface area contributed by atoms with Crippen LogP contribution in [-0.4, -0.2) is 46.1 Å². The molecule has 1 saturated carbocycles. The Bertz CT molecular complexity index is 529. The first-order valence-corrected chi connectivity index (χ1v) is 8.36. The van der Waals surface area contributed by atoms with E-state index >= 15 is 0 Å². The molecule has 0 aromatic carbocycles. The van der Waals surface area contributed by atoms with E-state index in [1.165, 1.54) is 17.8 Å². The third-order valence-electron chi connectivity index (χ3n) is 4.49. The fraction of sp³-hybridized carbons (Fsp3) is 0.714. The van der Waals surface area contributed by atoms with Crippen LogP contribution in [0.15, 0.2) is 0 Å². The number of hydrogen-bond acceptors (Lipinski definition) is 6. The molecule has 1 saturated heterocycles. The van der Waals surface area contributed by atoms with Crippen molar-refractivity contribution in [3.8, 4) is 0 Å². The van der Waals surface area contributed by atoms with E-state index in [1.807, 2.05) is 6.92 Å². The lowest BCUT2D eigenvalue weighted by Crippen LogP contribution is -2.45. The van der Waals surface area contributed by atoms with Crippen molar-refractivity contribution in [3.63, 3.8) is 0 Å². The van der Waals surface area contributed by atoms with Gasteiger partial charge in [-0.3, -0.25) is 4.79 Å². The Morgan fingerprint density at radius 1 is 1.48 bits per heavy atom. The standard InChI is InChI=1S/C14H22N4O2S/c1-8-5-6-18(7-10(8)19)13(20)11-12(15)17-14(21-11)16-9-3-2-4-9/h8-10,19H,2-7,15H2,1H3,(H,16,17). The molecule has 6 nitrogen and oxygen atoms in total. The number of aliphatic hydroxyl groups excluding tert-OH is 1. The molecule has 116 valence electrons. The molecular weight excluding hydrogens is 288 g/mol. The lowest BCUT2D eigenvalue weighted by atomic mass is 9.93.